The Hall–Kier alpha value is -2.19. The van der Waals surface area contributed by atoms with E-state index in [9.17, 15) is 10.1 Å². The maximum Gasteiger partial charge on any atom is 0.295 e. The molecule has 0 spiro atoms. The predicted molar refractivity (Wildman–Crippen MR) is 67.1 cm³/mol. The number of hydrogen-bond donors (Lipinski definition) is 2. The largest absolute Gasteiger partial charge is 0.424 e. The van der Waals surface area contributed by atoms with E-state index in [0.717, 1.165) is 0 Å². The first-order valence-electron chi connectivity index (χ1n) is 5.68. The third kappa shape index (κ3) is 3.39. The molecule has 0 bridgehead atoms. The summed E-state index contributed by atoms with van der Waals surface area (Å²) in [6, 6.07) is 4.50. The molecule has 1 aromatic heterocycles. The Bertz CT molecular complexity index is 568. The molecule has 0 aliphatic carbocycles. The van der Waals surface area contributed by atoms with Crippen molar-refractivity contribution in [1.29, 1.82) is 0 Å². The number of nitro groups is 1. The normalized spacial score (nSPS) is 10.8. The van der Waals surface area contributed by atoms with Crippen molar-refractivity contribution in [3.63, 3.8) is 0 Å². The van der Waals surface area contributed by atoms with E-state index in [1.54, 1.807) is 0 Å². The summed E-state index contributed by atoms with van der Waals surface area (Å²) in [5, 5.41) is 22.0. The first-order chi connectivity index (χ1) is 9.20. The van der Waals surface area contributed by atoms with E-state index in [-0.39, 0.29) is 24.9 Å². The highest BCUT2D eigenvalue weighted by molar-refractivity contribution is 5.77. The number of ether oxygens (including phenoxy) is 1. The monoisotopic (exact) mass is 267 g/mol. The molecule has 0 fully saturated rings. The Balaban J connectivity index is 1.99. The first kappa shape index (κ1) is 13.2. The summed E-state index contributed by atoms with van der Waals surface area (Å²) in [6.45, 7) is 1.13. The van der Waals surface area contributed by atoms with E-state index >= 15 is 0 Å². The summed E-state index contributed by atoms with van der Waals surface area (Å²) in [7, 11) is 0. The van der Waals surface area contributed by atoms with Gasteiger partial charge < -0.3 is 19.6 Å². The molecule has 0 amide bonds. The van der Waals surface area contributed by atoms with Crippen molar-refractivity contribution in [3.05, 3.63) is 28.3 Å². The van der Waals surface area contributed by atoms with Crippen LogP contribution < -0.4 is 5.32 Å². The minimum Gasteiger partial charge on any atom is -0.424 e. The van der Waals surface area contributed by atoms with Gasteiger partial charge in [0.2, 0.25) is 0 Å². The highest BCUT2D eigenvalue weighted by Crippen LogP contribution is 2.23. The molecule has 0 radical (unpaired) electrons. The molecule has 0 saturated heterocycles. The number of hydrogen-bond acceptors (Lipinski definition) is 7. The standard InChI is InChI=1S/C11H13N3O5/c15-4-6-18-5-3-12-11-13-9-7-8(14(16)17)1-2-10(9)19-11/h1-2,7,15H,3-6H2,(H,12,13). The number of aromatic nitrogens is 1. The van der Waals surface area contributed by atoms with E-state index in [4.69, 9.17) is 14.3 Å². The molecule has 0 aliphatic heterocycles. The number of non-ortho nitro benzene ring substituents is 1. The Labute approximate surface area is 108 Å². The van der Waals surface area contributed by atoms with Gasteiger partial charge in [0, 0.05) is 18.7 Å². The van der Waals surface area contributed by atoms with Crippen molar-refractivity contribution in [3.8, 4) is 0 Å². The van der Waals surface area contributed by atoms with Crippen LogP contribution in [0.5, 0.6) is 0 Å². The van der Waals surface area contributed by atoms with E-state index in [2.05, 4.69) is 10.3 Å². The van der Waals surface area contributed by atoms with Crippen LogP contribution in [0.3, 0.4) is 0 Å². The third-order valence-electron chi connectivity index (χ3n) is 2.34. The zero-order chi connectivity index (χ0) is 13.7. The minimum absolute atomic E-state index is 0.0213. The summed E-state index contributed by atoms with van der Waals surface area (Å²) in [5.41, 5.74) is 0.871. The highest BCUT2D eigenvalue weighted by Gasteiger charge is 2.11. The van der Waals surface area contributed by atoms with E-state index < -0.39 is 4.92 Å². The fourth-order valence-electron chi connectivity index (χ4n) is 1.50. The molecule has 19 heavy (non-hydrogen) atoms. The molecule has 1 heterocycles. The Kier molecular flexibility index (Phi) is 4.26. The molecule has 0 saturated carbocycles. The van der Waals surface area contributed by atoms with Crippen LogP contribution in [0.15, 0.2) is 22.6 Å². The van der Waals surface area contributed by atoms with E-state index in [1.807, 2.05) is 0 Å². The van der Waals surface area contributed by atoms with Gasteiger partial charge in [-0.3, -0.25) is 10.1 Å². The second-order valence-corrected chi connectivity index (χ2v) is 3.69. The number of oxazole rings is 1. The van der Waals surface area contributed by atoms with Gasteiger partial charge >= 0.3 is 0 Å². The van der Waals surface area contributed by atoms with Crippen LogP contribution in [0.4, 0.5) is 11.7 Å². The number of aliphatic hydroxyl groups is 1. The Morgan fingerprint density at radius 1 is 1.47 bits per heavy atom. The number of nitro benzene ring substituents is 1. The van der Waals surface area contributed by atoms with Crippen LogP contribution in [0.25, 0.3) is 11.1 Å². The molecule has 0 unspecified atom stereocenters. The third-order valence-corrected chi connectivity index (χ3v) is 2.34. The number of rotatable bonds is 7. The van der Waals surface area contributed by atoms with Gasteiger partial charge in [-0.1, -0.05) is 0 Å². The highest BCUT2D eigenvalue weighted by atomic mass is 16.6. The molecule has 102 valence electrons. The first-order valence-corrected chi connectivity index (χ1v) is 5.68. The van der Waals surface area contributed by atoms with Gasteiger partial charge in [0.05, 0.1) is 24.7 Å². The van der Waals surface area contributed by atoms with Crippen LogP contribution >= 0.6 is 0 Å². The molecule has 8 heteroatoms. The minimum atomic E-state index is -0.482. The lowest BCUT2D eigenvalue weighted by Crippen LogP contribution is -2.11. The van der Waals surface area contributed by atoms with Crippen molar-refractivity contribution in [2.45, 2.75) is 0 Å². The van der Waals surface area contributed by atoms with Gasteiger partial charge in [-0.25, -0.2) is 0 Å². The lowest BCUT2D eigenvalue weighted by molar-refractivity contribution is -0.384. The molecule has 2 aromatic rings. The molecule has 2 N–H and O–H groups in total. The average Bonchev–Trinajstić information content (AvgIpc) is 2.80. The van der Waals surface area contributed by atoms with Crippen LogP contribution in [-0.2, 0) is 4.74 Å². The maximum absolute atomic E-state index is 10.6. The molecule has 1 aromatic carbocycles. The molecular formula is C11H13N3O5. The fraction of sp³-hybridized carbons (Fsp3) is 0.364. The summed E-state index contributed by atoms with van der Waals surface area (Å²) in [4.78, 5) is 14.2. The Morgan fingerprint density at radius 3 is 3.05 bits per heavy atom. The number of nitrogens with one attached hydrogen (secondary N) is 1. The molecular weight excluding hydrogens is 254 g/mol. The van der Waals surface area contributed by atoms with Gasteiger partial charge in [0.1, 0.15) is 5.52 Å². The average molecular weight is 267 g/mol. The fourth-order valence-corrected chi connectivity index (χ4v) is 1.50. The van der Waals surface area contributed by atoms with Crippen molar-refractivity contribution in [2.75, 3.05) is 31.7 Å². The lowest BCUT2D eigenvalue weighted by atomic mass is 10.3. The quantitative estimate of drug-likeness (QED) is 0.440. The summed E-state index contributed by atoms with van der Waals surface area (Å²) < 4.78 is 10.4. The zero-order valence-electron chi connectivity index (χ0n) is 10.0. The summed E-state index contributed by atoms with van der Waals surface area (Å²) in [5.74, 6) is 0. The number of aliphatic hydroxyl groups excluding tert-OH is 1. The van der Waals surface area contributed by atoms with E-state index in [0.29, 0.717) is 24.3 Å². The van der Waals surface area contributed by atoms with Crippen molar-refractivity contribution in [2.24, 2.45) is 0 Å². The summed E-state index contributed by atoms with van der Waals surface area (Å²) in [6.07, 6.45) is 0. The second-order valence-electron chi connectivity index (χ2n) is 3.69. The Morgan fingerprint density at radius 2 is 2.32 bits per heavy atom. The number of anilines is 1. The van der Waals surface area contributed by atoms with Crippen LogP contribution in [0.1, 0.15) is 0 Å². The molecule has 2 rings (SSSR count). The van der Waals surface area contributed by atoms with E-state index in [1.165, 1.54) is 18.2 Å². The van der Waals surface area contributed by atoms with Gasteiger partial charge in [-0.15, -0.1) is 0 Å². The molecule has 0 atom stereocenters. The second kappa shape index (κ2) is 6.12. The smallest absolute Gasteiger partial charge is 0.295 e. The van der Waals surface area contributed by atoms with Crippen LogP contribution in [0.2, 0.25) is 0 Å². The lowest BCUT2D eigenvalue weighted by Gasteiger charge is -2.01. The zero-order valence-corrected chi connectivity index (χ0v) is 10.0. The topological polar surface area (TPSA) is 111 Å². The number of fused-ring (bicyclic) bond motifs is 1. The molecule has 0 aliphatic rings. The van der Waals surface area contributed by atoms with Gasteiger partial charge in [0.25, 0.3) is 11.7 Å². The number of benzene rings is 1. The SMILES string of the molecule is O=[N+]([O-])c1ccc2oc(NCCOCCO)nc2c1. The van der Waals surface area contributed by atoms with Gasteiger partial charge in [0.15, 0.2) is 5.58 Å². The number of nitrogens with zero attached hydrogens (tertiary/aromatic N) is 2. The summed E-state index contributed by atoms with van der Waals surface area (Å²) >= 11 is 0. The molecule has 8 nitrogen and oxygen atoms in total. The van der Waals surface area contributed by atoms with Crippen LogP contribution in [0, 0.1) is 10.1 Å². The predicted octanol–water partition coefficient (Wildman–Crippen LogP) is 1.16. The van der Waals surface area contributed by atoms with Crippen molar-refractivity contribution >= 4 is 22.8 Å². The van der Waals surface area contributed by atoms with Gasteiger partial charge in [-0.05, 0) is 6.07 Å². The van der Waals surface area contributed by atoms with Crippen LogP contribution in [-0.4, -0.2) is 41.4 Å². The van der Waals surface area contributed by atoms with Crippen molar-refractivity contribution < 1.29 is 19.2 Å². The maximum atomic E-state index is 10.6. The van der Waals surface area contributed by atoms with Crippen molar-refractivity contribution in [1.82, 2.24) is 4.98 Å². The van der Waals surface area contributed by atoms with Gasteiger partial charge in [-0.2, -0.15) is 4.98 Å².